The van der Waals surface area contributed by atoms with Crippen LogP contribution in [-0.4, -0.2) is 51.1 Å². The van der Waals surface area contributed by atoms with Crippen LogP contribution in [-0.2, 0) is 0 Å². The van der Waals surface area contributed by atoms with Crippen molar-refractivity contribution >= 4 is 17.4 Å². The first-order valence-electron chi connectivity index (χ1n) is 11.2. The van der Waals surface area contributed by atoms with Crippen LogP contribution in [0.3, 0.4) is 0 Å². The number of hydrogen-bond donors (Lipinski definition) is 1. The molecular weight excluding hydrogens is 388 g/mol. The molecule has 31 heavy (non-hydrogen) atoms. The van der Waals surface area contributed by atoms with Crippen molar-refractivity contribution in [3.63, 3.8) is 0 Å². The Morgan fingerprint density at radius 3 is 2.65 bits per heavy atom. The fraction of sp³-hybridized carbons (Fsp3) is 0.458. The molecule has 4 heterocycles. The minimum Gasteiger partial charge on any atom is -0.355 e. The summed E-state index contributed by atoms with van der Waals surface area (Å²) in [5, 5.41) is 4.84. The van der Waals surface area contributed by atoms with Gasteiger partial charge in [0.25, 0.3) is 5.91 Å². The van der Waals surface area contributed by atoms with Crippen molar-refractivity contribution in [2.24, 2.45) is 5.73 Å². The third-order valence-electron chi connectivity index (χ3n) is 6.55. The lowest BCUT2D eigenvalue weighted by Crippen LogP contribution is -2.38. The van der Waals surface area contributed by atoms with E-state index in [0.29, 0.717) is 0 Å². The quantitative estimate of drug-likeness (QED) is 0.706. The lowest BCUT2D eigenvalue weighted by atomic mass is 9.98. The second kappa shape index (κ2) is 7.96. The first-order valence-corrected chi connectivity index (χ1v) is 11.2. The van der Waals surface area contributed by atoms with Crippen molar-refractivity contribution < 1.29 is 4.79 Å². The Balaban J connectivity index is 1.46. The summed E-state index contributed by atoms with van der Waals surface area (Å²) in [6, 6.07) is 10.1. The van der Waals surface area contributed by atoms with E-state index < -0.39 is 0 Å². The van der Waals surface area contributed by atoms with Crippen LogP contribution in [0, 0.1) is 13.8 Å². The number of benzene rings is 1. The minimum absolute atomic E-state index is 0.0202. The Morgan fingerprint density at radius 1 is 1.10 bits per heavy atom. The van der Waals surface area contributed by atoms with E-state index >= 15 is 0 Å². The number of rotatable bonds is 3. The van der Waals surface area contributed by atoms with Gasteiger partial charge in [0.1, 0.15) is 5.82 Å². The molecule has 2 aromatic heterocycles. The molecule has 2 aliphatic heterocycles. The van der Waals surface area contributed by atoms with Crippen LogP contribution < -0.4 is 10.6 Å². The molecule has 5 rings (SSSR count). The van der Waals surface area contributed by atoms with E-state index in [1.165, 1.54) is 0 Å². The standard InChI is InChI=1S/C24H30N6O/c1-16-6-8-18(9-7-16)24(31)29-11-4-3-5-21(29)20-13-22-26-23(17(2)14-30(22)27-20)28-12-10-19(25)15-28/h6-9,13-14,19,21H,3-5,10-12,15,25H2,1-2H3/t19-,21-/m0/s1. The summed E-state index contributed by atoms with van der Waals surface area (Å²) in [7, 11) is 0. The molecule has 2 aliphatic rings. The highest BCUT2D eigenvalue weighted by Gasteiger charge is 2.31. The number of aromatic nitrogens is 3. The van der Waals surface area contributed by atoms with Gasteiger partial charge < -0.3 is 15.5 Å². The number of nitrogens with two attached hydrogens (primary N) is 1. The molecule has 2 atom stereocenters. The summed E-state index contributed by atoms with van der Waals surface area (Å²) in [5.41, 5.74) is 10.8. The number of carbonyl (C=O) groups excluding carboxylic acids is 1. The van der Waals surface area contributed by atoms with Crippen molar-refractivity contribution in [1.82, 2.24) is 19.5 Å². The van der Waals surface area contributed by atoms with Crippen LogP contribution in [0.25, 0.3) is 5.65 Å². The largest absolute Gasteiger partial charge is 0.355 e. The number of hydrogen-bond acceptors (Lipinski definition) is 5. The zero-order chi connectivity index (χ0) is 21.5. The van der Waals surface area contributed by atoms with E-state index in [1.807, 2.05) is 52.9 Å². The van der Waals surface area contributed by atoms with Crippen molar-refractivity contribution in [2.75, 3.05) is 24.5 Å². The van der Waals surface area contributed by atoms with Crippen LogP contribution in [0.4, 0.5) is 5.82 Å². The van der Waals surface area contributed by atoms with E-state index in [4.69, 9.17) is 15.8 Å². The molecule has 7 heteroatoms. The lowest BCUT2D eigenvalue weighted by Gasteiger charge is -2.34. The summed E-state index contributed by atoms with van der Waals surface area (Å²) >= 11 is 0. The first kappa shape index (κ1) is 20.0. The summed E-state index contributed by atoms with van der Waals surface area (Å²) in [4.78, 5) is 22.4. The van der Waals surface area contributed by atoms with Gasteiger partial charge in [-0.25, -0.2) is 9.50 Å². The molecule has 0 unspecified atom stereocenters. The van der Waals surface area contributed by atoms with Gasteiger partial charge in [0.2, 0.25) is 0 Å². The fourth-order valence-electron chi connectivity index (χ4n) is 4.83. The number of piperidine rings is 1. The van der Waals surface area contributed by atoms with Gasteiger partial charge >= 0.3 is 0 Å². The van der Waals surface area contributed by atoms with Gasteiger partial charge in [0, 0.05) is 49.1 Å². The van der Waals surface area contributed by atoms with Gasteiger partial charge in [0.15, 0.2) is 5.65 Å². The maximum atomic E-state index is 13.3. The molecular formula is C24H30N6O. The number of anilines is 1. The first-order chi connectivity index (χ1) is 15.0. The van der Waals surface area contributed by atoms with Gasteiger partial charge in [-0.3, -0.25) is 4.79 Å². The van der Waals surface area contributed by atoms with Gasteiger partial charge in [0.05, 0.1) is 11.7 Å². The highest BCUT2D eigenvalue weighted by molar-refractivity contribution is 5.94. The lowest BCUT2D eigenvalue weighted by molar-refractivity contribution is 0.0605. The average molecular weight is 419 g/mol. The maximum Gasteiger partial charge on any atom is 0.254 e. The molecule has 0 saturated carbocycles. The summed E-state index contributed by atoms with van der Waals surface area (Å²) in [5.74, 6) is 1.07. The minimum atomic E-state index is -0.0202. The van der Waals surface area contributed by atoms with Crippen LogP contribution in [0.5, 0.6) is 0 Å². The highest BCUT2D eigenvalue weighted by atomic mass is 16.2. The van der Waals surface area contributed by atoms with Gasteiger partial charge in [-0.15, -0.1) is 0 Å². The van der Waals surface area contributed by atoms with Crippen LogP contribution in [0.15, 0.2) is 36.5 Å². The van der Waals surface area contributed by atoms with E-state index in [-0.39, 0.29) is 18.0 Å². The molecule has 162 valence electrons. The van der Waals surface area contributed by atoms with Crippen LogP contribution in [0.2, 0.25) is 0 Å². The normalized spacial score (nSPS) is 21.8. The van der Waals surface area contributed by atoms with Crippen molar-refractivity contribution in [3.8, 4) is 0 Å². The van der Waals surface area contributed by atoms with E-state index in [9.17, 15) is 4.79 Å². The van der Waals surface area contributed by atoms with Crippen LogP contribution in [0.1, 0.15) is 58.9 Å². The molecule has 1 amide bonds. The fourth-order valence-corrected chi connectivity index (χ4v) is 4.83. The number of amides is 1. The predicted molar refractivity (Wildman–Crippen MR) is 121 cm³/mol. The predicted octanol–water partition coefficient (Wildman–Crippen LogP) is 3.25. The average Bonchev–Trinajstić information content (AvgIpc) is 3.39. The molecule has 1 aromatic carbocycles. The molecule has 2 N–H and O–H groups in total. The molecule has 0 aliphatic carbocycles. The number of carbonyl (C=O) groups is 1. The van der Waals surface area contributed by atoms with Gasteiger partial charge in [-0.05, 0) is 51.7 Å². The van der Waals surface area contributed by atoms with Gasteiger partial charge in [-0.1, -0.05) is 17.7 Å². The third-order valence-corrected chi connectivity index (χ3v) is 6.55. The topological polar surface area (TPSA) is 79.8 Å². The van der Waals surface area contributed by atoms with E-state index in [0.717, 1.165) is 79.2 Å². The number of nitrogens with zero attached hydrogens (tertiary/aromatic N) is 5. The summed E-state index contributed by atoms with van der Waals surface area (Å²) in [6.45, 7) is 6.64. The Kier molecular flexibility index (Phi) is 5.14. The number of likely N-dealkylation sites (tertiary alicyclic amines) is 1. The second-order valence-corrected chi connectivity index (χ2v) is 8.99. The molecule has 2 fully saturated rings. The van der Waals surface area contributed by atoms with Crippen LogP contribution >= 0.6 is 0 Å². The highest BCUT2D eigenvalue weighted by Crippen LogP contribution is 2.32. The van der Waals surface area contributed by atoms with Crippen molar-refractivity contribution in [2.45, 2.75) is 51.6 Å². The Bertz CT molecular complexity index is 1110. The Labute approximate surface area is 182 Å². The molecule has 0 spiro atoms. The maximum absolute atomic E-state index is 13.3. The second-order valence-electron chi connectivity index (χ2n) is 8.99. The third kappa shape index (κ3) is 3.78. The SMILES string of the molecule is Cc1ccc(C(=O)N2CCCC[C@H]2c2cc3nc(N4CC[C@H](N)C4)c(C)cn3n2)cc1. The van der Waals surface area contributed by atoms with E-state index in [1.54, 1.807) is 0 Å². The molecule has 7 nitrogen and oxygen atoms in total. The zero-order valence-electron chi connectivity index (χ0n) is 18.3. The monoisotopic (exact) mass is 418 g/mol. The Hall–Kier alpha value is -2.93. The van der Waals surface area contributed by atoms with Gasteiger partial charge in [-0.2, -0.15) is 5.10 Å². The smallest absolute Gasteiger partial charge is 0.254 e. The van der Waals surface area contributed by atoms with Crippen molar-refractivity contribution in [1.29, 1.82) is 0 Å². The molecule has 0 radical (unpaired) electrons. The summed E-state index contributed by atoms with van der Waals surface area (Å²) < 4.78 is 1.85. The molecule has 0 bridgehead atoms. The number of fused-ring (bicyclic) bond motifs is 1. The van der Waals surface area contributed by atoms with E-state index in [2.05, 4.69) is 11.8 Å². The molecule has 2 saturated heterocycles. The summed E-state index contributed by atoms with van der Waals surface area (Å²) in [6.07, 6.45) is 6.08. The Morgan fingerprint density at radius 2 is 1.90 bits per heavy atom. The zero-order valence-corrected chi connectivity index (χ0v) is 18.3. The number of aryl methyl sites for hydroxylation is 2. The molecule has 3 aromatic rings. The van der Waals surface area contributed by atoms with Crippen molar-refractivity contribution in [3.05, 3.63) is 58.9 Å².